The molecule has 4 aromatic heterocycles. The first-order chi connectivity index (χ1) is 19.9. The van der Waals surface area contributed by atoms with Gasteiger partial charge in [0, 0.05) is 40.0 Å². The molecular weight excluding hydrogens is 563 g/mol. The molecule has 5 aromatic rings. The van der Waals surface area contributed by atoms with Crippen LogP contribution in [-0.4, -0.2) is 40.4 Å². The Hall–Kier alpha value is -4.41. The Morgan fingerprint density at radius 2 is 1.88 bits per heavy atom. The number of rotatable bonds is 3. The van der Waals surface area contributed by atoms with Crippen LogP contribution in [0.2, 0.25) is 10.2 Å². The van der Waals surface area contributed by atoms with Crippen molar-refractivity contribution in [2.24, 2.45) is 5.92 Å². The minimum absolute atomic E-state index is 0.0650. The average Bonchev–Trinajstić information content (AvgIpc) is 3.41. The molecule has 1 amide bonds. The van der Waals surface area contributed by atoms with E-state index in [1.165, 1.54) is 21.6 Å². The summed E-state index contributed by atoms with van der Waals surface area (Å²) in [6.07, 6.45) is 8.20. The minimum Gasteiger partial charge on any atom is -0.324 e. The van der Waals surface area contributed by atoms with Gasteiger partial charge in [0.2, 0.25) is 5.91 Å². The maximum atomic E-state index is 13.4. The lowest BCUT2D eigenvalue weighted by Gasteiger charge is -2.17. The van der Waals surface area contributed by atoms with E-state index < -0.39 is 0 Å². The molecule has 0 aliphatic carbocycles. The van der Waals surface area contributed by atoms with Crippen LogP contribution in [-0.2, 0) is 11.2 Å². The molecule has 10 nitrogen and oxygen atoms in total. The van der Waals surface area contributed by atoms with Gasteiger partial charge < -0.3 is 5.32 Å². The molecule has 2 bridgehead atoms. The third-order valence-electron chi connectivity index (χ3n) is 7.00. The van der Waals surface area contributed by atoms with E-state index in [0.717, 1.165) is 36.9 Å². The number of carbonyl (C=O) groups excluding carboxylic acids is 1. The minimum atomic E-state index is -0.355. The van der Waals surface area contributed by atoms with Gasteiger partial charge in [-0.05, 0) is 61.7 Å². The molecule has 1 N–H and O–H groups in total. The fourth-order valence-corrected chi connectivity index (χ4v) is 5.10. The maximum Gasteiger partial charge on any atom is 0.259 e. The zero-order valence-corrected chi connectivity index (χ0v) is 23.5. The number of pyridine rings is 2. The number of amides is 1. The highest BCUT2D eigenvalue weighted by molar-refractivity contribution is 6.31. The van der Waals surface area contributed by atoms with Gasteiger partial charge in [0.25, 0.3) is 5.56 Å². The van der Waals surface area contributed by atoms with E-state index in [2.05, 4.69) is 25.6 Å². The van der Waals surface area contributed by atoms with Crippen molar-refractivity contribution in [1.82, 2.24) is 34.5 Å². The molecule has 0 radical (unpaired) electrons. The summed E-state index contributed by atoms with van der Waals surface area (Å²) in [6, 6.07) is 13.8. The smallest absolute Gasteiger partial charge is 0.259 e. The van der Waals surface area contributed by atoms with E-state index in [0.29, 0.717) is 39.2 Å². The second-order valence-corrected chi connectivity index (χ2v) is 10.7. The monoisotopic (exact) mass is 586 g/mol. The summed E-state index contributed by atoms with van der Waals surface area (Å²) in [5.74, 6) is 0.150. The maximum absolute atomic E-state index is 13.4. The highest BCUT2D eigenvalue weighted by atomic mass is 35.5. The van der Waals surface area contributed by atoms with Crippen LogP contribution in [0.3, 0.4) is 0 Å². The first-order valence-electron chi connectivity index (χ1n) is 13.1. The standard InChI is InChI=1S/C29H24Cl2N8O2/c1-17-4-2-3-5-20-12-18(10-11-32-20)28-22(34-29(17)41)7-9-26(35-28)38-16-33-23(14-27(38)40)21-13-19(30)6-8-24(21)39-15-25(31)36-37-39/h6-17H,2-5H2,1H3,(H,34,41). The molecule has 206 valence electrons. The SMILES string of the molecule is CC1CCCCc2cc(ccn2)-c2nc(-n3cnc(-c4cc(Cl)ccc4-n4cc(Cl)nn4)cc3=O)ccc2NC1=O. The van der Waals surface area contributed by atoms with E-state index in [1.807, 2.05) is 19.1 Å². The molecule has 41 heavy (non-hydrogen) atoms. The van der Waals surface area contributed by atoms with Crippen molar-refractivity contribution in [3.63, 3.8) is 0 Å². The number of halogens is 2. The van der Waals surface area contributed by atoms with E-state index in [1.54, 1.807) is 42.7 Å². The second-order valence-electron chi connectivity index (χ2n) is 9.87. The molecule has 1 aliphatic heterocycles. The van der Waals surface area contributed by atoms with Crippen LogP contribution < -0.4 is 10.9 Å². The van der Waals surface area contributed by atoms with Gasteiger partial charge in [-0.25, -0.2) is 14.6 Å². The van der Waals surface area contributed by atoms with Crippen molar-refractivity contribution in [3.8, 4) is 34.0 Å². The lowest BCUT2D eigenvalue weighted by molar-refractivity contribution is -0.119. The van der Waals surface area contributed by atoms with Crippen LogP contribution in [0.4, 0.5) is 5.69 Å². The van der Waals surface area contributed by atoms with Crippen molar-refractivity contribution >= 4 is 34.8 Å². The summed E-state index contributed by atoms with van der Waals surface area (Å²) in [6.45, 7) is 1.93. The first kappa shape index (κ1) is 26.8. The van der Waals surface area contributed by atoms with Gasteiger partial charge in [-0.15, -0.1) is 5.10 Å². The van der Waals surface area contributed by atoms with Crippen molar-refractivity contribution in [3.05, 3.63) is 93.5 Å². The fraction of sp³-hybridized carbons (Fsp3) is 0.207. The Labute approximate surface area is 245 Å². The van der Waals surface area contributed by atoms with Crippen molar-refractivity contribution < 1.29 is 4.79 Å². The summed E-state index contributed by atoms with van der Waals surface area (Å²) >= 11 is 12.2. The Morgan fingerprint density at radius 1 is 1.00 bits per heavy atom. The van der Waals surface area contributed by atoms with E-state index in [-0.39, 0.29) is 22.5 Å². The summed E-state index contributed by atoms with van der Waals surface area (Å²) in [4.78, 5) is 40.2. The quantitative estimate of drug-likeness (QED) is 0.294. The number of anilines is 1. The molecule has 1 unspecified atom stereocenters. The van der Waals surface area contributed by atoms with Gasteiger partial charge in [-0.3, -0.25) is 19.1 Å². The number of aryl methyl sites for hydroxylation is 1. The average molecular weight is 587 g/mol. The molecule has 1 aliphatic rings. The topological polar surface area (TPSA) is 120 Å². The van der Waals surface area contributed by atoms with Crippen molar-refractivity contribution in [2.75, 3.05) is 5.32 Å². The fourth-order valence-electron chi connectivity index (χ4n) is 4.80. The highest BCUT2D eigenvalue weighted by Crippen LogP contribution is 2.30. The molecule has 0 fully saturated rings. The van der Waals surface area contributed by atoms with Gasteiger partial charge in [0.15, 0.2) is 5.15 Å². The predicted octanol–water partition coefficient (Wildman–Crippen LogP) is 5.55. The second kappa shape index (κ2) is 11.2. The van der Waals surface area contributed by atoms with E-state index >= 15 is 0 Å². The first-order valence-corrected chi connectivity index (χ1v) is 13.9. The third-order valence-corrected chi connectivity index (χ3v) is 7.41. The zero-order chi connectivity index (χ0) is 28.5. The number of hydrogen-bond acceptors (Lipinski definition) is 7. The summed E-state index contributed by atoms with van der Waals surface area (Å²) in [5.41, 5.74) is 4.08. The number of benzene rings is 1. The van der Waals surface area contributed by atoms with Crippen LogP contribution in [0.5, 0.6) is 0 Å². The molecule has 12 heteroatoms. The molecule has 0 spiro atoms. The lowest BCUT2D eigenvalue weighted by Crippen LogP contribution is -2.22. The summed E-state index contributed by atoms with van der Waals surface area (Å²) in [5, 5.41) is 11.6. The number of nitrogens with zero attached hydrogens (tertiary/aromatic N) is 7. The normalized spacial score (nSPS) is 15.4. The van der Waals surface area contributed by atoms with Crippen LogP contribution in [0.25, 0.3) is 34.0 Å². The third kappa shape index (κ3) is 5.61. The molecule has 5 heterocycles. The number of carbonyl (C=O) groups is 1. The van der Waals surface area contributed by atoms with Gasteiger partial charge in [-0.2, -0.15) is 0 Å². The molecule has 1 aromatic carbocycles. The van der Waals surface area contributed by atoms with Crippen LogP contribution >= 0.6 is 23.2 Å². The number of hydrogen-bond donors (Lipinski definition) is 1. The van der Waals surface area contributed by atoms with Gasteiger partial charge in [0.05, 0.1) is 29.0 Å². The van der Waals surface area contributed by atoms with E-state index in [9.17, 15) is 9.59 Å². The van der Waals surface area contributed by atoms with Crippen molar-refractivity contribution in [1.29, 1.82) is 0 Å². The molecule has 0 saturated carbocycles. The number of aromatic nitrogens is 7. The number of nitrogens with one attached hydrogen (secondary N) is 1. The lowest BCUT2D eigenvalue weighted by atomic mass is 9.99. The summed E-state index contributed by atoms with van der Waals surface area (Å²) < 4.78 is 2.84. The van der Waals surface area contributed by atoms with Gasteiger partial charge in [-0.1, -0.05) is 41.8 Å². The Balaban J connectivity index is 1.42. The number of fused-ring (bicyclic) bond motifs is 4. The molecular formula is C29H24Cl2N8O2. The highest BCUT2D eigenvalue weighted by Gasteiger charge is 2.19. The van der Waals surface area contributed by atoms with Gasteiger partial charge >= 0.3 is 0 Å². The Bertz CT molecular complexity index is 1830. The van der Waals surface area contributed by atoms with Crippen LogP contribution in [0, 0.1) is 5.92 Å². The van der Waals surface area contributed by atoms with Gasteiger partial charge in [0.1, 0.15) is 12.1 Å². The largest absolute Gasteiger partial charge is 0.324 e. The molecule has 0 saturated heterocycles. The molecule has 1 atom stereocenters. The van der Waals surface area contributed by atoms with Crippen molar-refractivity contribution in [2.45, 2.75) is 32.6 Å². The predicted molar refractivity (Wildman–Crippen MR) is 157 cm³/mol. The van der Waals surface area contributed by atoms with Crippen LogP contribution in [0.1, 0.15) is 31.9 Å². The molecule has 6 rings (SSSR count). The van der Waals surface area contributed by atoms with E-state index in [4.69, 9.17) is 28.2 Å². The van der Waals surface area contributed by atoms with Crippen LogP contribution in [0.15, 0.2) is 72.0 Å². The zero-order valence-electron chi connectivity index (χ0n) is 22.0. The Morgan fingerprint density at radius 3 is 2.68 bits per heavy atom. The summed E-state index contributed by atoms with van der Waals surface area (Å²) in [7, 11) is 0. The Kier molecular flexibility index (Phi) is 7.34.